The zero-order valence-corrected chi connectivity index (χ0v) is 16.9. The average molecular weight is 393 g/mol. The second-order valence-electron chi connectivity index (χ2n) is 8.27. The normalized spacial score (nSPS) is 22.3. The Morgan fingerprint density at radius 3 is 2.17 bits per heavy atom. The smallest absolute Gasteiger partial charge is 0.254 e. The van der Waals surface area contributed by atoms with E-state index in [1.165, 1.54) is 0 Å². The highest BCUT2D eigenvalue weighted by atomic mass is 16.3. The van der Waals surface area contributed by atoms with Crippen LogP contribution in [0.1, 0.15) is 21.8 Å². The van der Waals surface area contributed by atoms with E-state index in [1.807, 2.05) is 84.6 Å². The molecule has 0 aromatic heterocycles. The lowest BCUT2D eigenvalue weighted by atomic mass is 9.60. The number of aliphatic hydroxyl groups excluding tert-OH is 1. The maximum atomic E-state index is 13.0. The van der Waals surface area contributed by atoms with Crippen LogP contribution in [0, 0.1) is 0 Å². The summed E-state index contributed by atoms with van der Waals surface area (Å²) in [6.07, 6.45) is 0. The van der Waals surface area contributed by atoms with Gasteiger partial charge in [-0.15, -0.1) is 0 Å². The first-order valence-electron chi connectivity index (χ1n) is 9.95. The van der Waals surface area contributed by atoms with Crippen molar-refractivity contribution in [2.45, 2.75) is 17.5 Å². The van der Waals surface area contributed by atoms with Gasteiger partial charge in [0.05, 0.1) is 24.7 Å². The first-order chi connectivity index (χ1) is 14.0. The van der Waals surface area contributed by atoms with Gasteiger partial charge in [0.1, 0.15) is 0 Å². The highest BCUT2D eigenvalue weighted by Gasteiger charge is 2.67. The van der Waals surface area contributed by atoms with Gasteiger partial charge in [-0.3, -0.25) is 9.59 Å². The maximum Gasteiger partial charge on any atom is 0.254 e. The minimum atomic E-state index is -0.452. The third-order valence-electron chi connectivity index (χ3n) is 6.08. The van der Waals surface area contributed by atoms with E-state index < -0.39 is 5.54 Å². The van der Waals surface area contributed by atoms with Crippen molar-refractivity contribution >= 4 is 11.8 Å². The van der Waals surface area contributed by atoms with Gasteiger partial charge in [0.15, 0.2) is 0 Å². The van der Waals surface area contributed by atoms with Crippen molar-refractivity contribution in [3.8, 4) is 0 Å². The van der Waals surface area contributed by atoms with Gasteiger partial charge in [-0.05, 0) is 31.8 Å². The molecule has 2 fully saturated rings. The predicted molar refractivity (Wildman–Crippen MR) is 111 cm³/mol. The Labute approximate surface area is 171 Å². The summed E-state index contributed by atoms with van der Waals surface area (Å²) in [7, 11) is 3.72. The Morgan fingerprint density at radius 1 is 1.03 bits per heavy atom. The molecule has 2 saturated heterocycles. The lowest BCUT2D eigenvalue weighted by molar-refractivity contribution is -0.194. The first-order valence-corrected chi connectivity index (χ1v) is 9.95. The van der Waals surface area contributed by atoms with Crippen LogP contribution in [-0.2, 0) is 4.79 Å². The van der Waals surface area contributed by atoms with Gasteiger partial charge in [0.25, 0.3) is 5.91 Å². The van der Waals surface area contributed by atoms with Crippen LogP contribution in [0.4, 0.5) is 0 Å². The summed E-state index contributed by atoms with van der Waals surface area (Å²) in [4.78, 5) is 31.3. The van der Waals surface area contributed by atoms with Crippen molar-refractivity contribution in [3.05, 3.63) is 71.8 Å². The van der Waals surface area contributed by atoms with Crippen LogP contribution in [0.5, 0.6) is 0 Å². The summed E-state index contributed by atoms with van der Waals surface area (Å²) in [6.45, 7) is 1.16. The van der Waals surface area contributed by atoms with Gasteiger partial charge in [0, 0.05) is 24.6 Å². The summed E-state index contributed by atoms with van der Waals surface area (Å²) >= 11 is 0. The van der Waals surface area contributed by atoms with E-state index in [0.717, 1.165) is 5.56 Å². The zero-order valence-electron chi connectivity index (χ0n) is 16.9. The molecule has 1 N–H and O–H groups in total. The van der Waals surface area contributed by atoms with Crippen molar-refractivity contribution < 1.29 is 14.7 Å². The maximum absolute atomic E-state index is 13.0. The van der Waals surface area contributed by atoms with Crippen molar-refractivity contribution in [3.63, 3.8) is 0 Å². The lowest BCUT2D eigenvalue weighted by Gasteiger charge is -2.70. The molecule has 2 amide bonds. The fourth-order valence-corrected chi connectivity index (χ4v) is 4.94. The number of likely N-dealkylation sites (tertiary alicyclic amines) is 2. The molecule has 2 heterocycles. The molecule has 2 aromatic carbocycles. The fraction of sp³-hybridized carbons (Fsp3) is 0.391. The molecule has 6 nitrogen and oxygen atoms in total. The van der Waals surface area contributed by atoms with E-state index in [4.69, 9.17) is 0 Å². The van der Waals surface area contributed by atoms with E-state index >= 15 is 0 Å². The molecule has 0 unspecified atom stereocenters. The number of carbonyl (C=O) groups excluding carboxylic acids is 2. The van der Waals surface area contributed by atoms with Crippen LogP contribution >= 0.6 is 0 Å². The molecule has 0 aliphatic carbocycles. The number of rotatable bonds is 5. The van der Waals surface area contributed by atoms with E-state index in [0.29, 0.717) is 18.7 Å². The van der Waals surface area contributed by atoms with Gasteiger partial charge < -0.3 is 19.8 Å². The van der Waals surface area contributed by atoms with E-state index in [2.05, 4.69) is 0 Å². The summed E-state index contributed by atoms with van der Waals surface area (Å²) < 4.78 is 0. The van der Waals surface area contributed by atoms with E-state index in [-0.39, 0.29) is 36.9 Å². The molecule has 0 saturated carbocycles. The second-order valence-corrected chi connectivity index (χ2v) is 8.27. The highest BCUT2D eigenvalue weighted by Crippen LogP contribution is 2.54. The number of benzene rings is 2. The summed E-state index contributed by atoms with van der Waals surface area (Å²) in [5.74, 6) is -0.0110. The van der Waals surface area contributed by atoms with Crippen LogP contribution in [0.2, 0.25) is 0 Å². The van der Waals surface area contributed by atoms with Crippen LogP contribution in [0.25, 0.3) is 0 Å². The van der Waals surface area contributed by atoms with Crippen LogP contribution in [0.3, 0.4) is 0 Å². The molecule has 2 aliphatic rings. The van der Waals surface area contributed by atoms with Gasteiger partial charge >= 0.3 is 0 Å². The van der Waals surface area contributed by atoms with Crippen LogP contribution < -0.4 is 0 Å². The Hall–Kier alpha value is -2.70. The molecule has 1 spiro atoms. The van der Waals surface area contributed by atoms with Gasteiger partial charge in [-0.1, -0.05) is 48.5 Å². The van der Waals surface area contributed by atoms with Gasteiger partial charge in [-0.2, -0.15) is 0 Å². The number of hydrogen-bond acceptors (Lipinski definition) is 4. The highest BCUT2D eigenvalue weighted by molar-refractivity contribution is 5.95. The SMILES string of the molecule is CN(C)CC(=O)N1[C@@H](CO)[C@@H](c2ccccc2)C12CN(C(=O)c1ccccc1)C2. The lowest BCUT2D eigenvalue weighted by Crippen LogP contribution is -2.86. The number of likely N-dealkylation sites (N-methyl/N-ethyl adjacent to an activating group) is 1. The Morgan fingerprint density at radius 2 is 1.62 bits per heavy atom. The molecular weight excluding hydrogens is 366 g/mol. The fourth-order valence-electron chi connectivity index (χ4n) is 4.94. The molecule has 0 radical (unpaired) electrons. The topological polar surface area (TPSA) is 64.1 Å². The Balaban J connectivity index is 1.62. The Bertz CT molecular complexity index is 879. The second kappa shape index (κ2) is 7.61. The molecule has 0 bridgehead atoms. The Kier molecular flexibility index (Phi) is 5.15. The van der Waals surface area contributed by atoms with Crippen molar-refractivity contribution in [1.29, 1.82) is 0 Å². The van der Waals surface area contributed by atoms with E-state index in [1.54, 1.807) is 4.90 Å². The number of hydrogen-bond donors (Lipinski definition) is 1. The monoisotopic (exact) mass is 393 g/mol. The minimum Gasteiger partial charge on any atom is -0.394 e. The van der Waals surface area contributed by atoms with Crippen LogP contribution in [-0.4, -0.2) is 83.5 Å². The average Bonchev–Trinajstić information content (AvgIpc) is 2.67. The van der Waals surface area contributed by atoms with Crippen LogP contribution in [0.15, 0.2) is 60.7 Å². The number of aliphatic hydroxyl groups is 1. The summed E-state index contributed by atoms with van der Waals surface area (Å²) in [5.41, 5.74) is 1.31. The van der Waals surface area contributed by atoms with Gasteiger partial charge in [0.2, 0.25) is 5.91 Å². The number of nitrogens with zero attached hydrogens (tertiary/aromatic N) is 3. The zero-order chi connectivity index (χ0) is 20.6. The summed E-state index contributed by atoms with van der Waals surface area (Å²) in [5, 5.41) is 10.1. The predicted octanol–water partition coefficient (Wildman–Crippen LogP) is 1.43. The quantitative estimate of drug-likeness (QED) is 0.835. The third-order valence-corrected chi connectivity index (χ3v) is 6.08. The molecular formula is C23H27N3O3. The molecule has 152 valence electrons. The first kappa shape index (κ1) is 19.6. The van der Waals surface area contributed by atoms with Crippen molar-refractivity contribution in [2.24, 2.45) is 0 Å². The van der Waals surface area contributed by atoms with E-state index in [9.17, 15) is 14.7 Å². The molecule has 2 aromatic rings. The third kappa shape index (κ3) is 3.22. The molecule has 6 heteroatoms. The summed E-state index contributed by atoms with van der Waals surface area (Å²) in [6, 6.07) is 19.0. The standard InChI is InChI=1S/C23H27N3O3/c1-24(2)13-20(28)26-19(14-27)21(17-9-5-3-6-10-17)23(26)15-25(16-23)22(29)18-11-7-4-8-12-18/h3-12,19,21,27H,13-16H2,1-2H3/t19-,21+/m0/s1. The van der Waals surface area contributed by atoms with Crippen molar-refractivity contribution in [1.82, 2.24) is 14.7 Å². The largest absolute Gasteiger partial charge is 0.394 e. The molecule has 29 heavy (non-hydrogen) atoms. The minimum absolute atomic E-state index is 0.00644. The van der Waals surface area contributed by atoms with Crippen molar-refractivity contribution in [2.75, 3.05) is 40.3 Å². The molecule has 4 rings (SSSR count). The number of carbonyl (C=O) groups is 2. The number of amides is 2. The van der Waals surface area contributed by atoms with Gasteiger partial charge in [-0.25, -0.2) is 0 Å². The molecule has 2 atom stereocenters. The molecule has 2 aliphatic heterocycles.